The average Bonchev–Trinajstić information content (AvgIpc) is 2.50. The average molecular weight is 296 g/mol. The second-order valence-corrected chi connectivity index (χ2v) is 5.39. The van der Waals surface area contributed by atoms with Crippen LogP contribution in [-0.4, -0.2) is 6.18 Å². The Morgan fingerprint density at radius 1 is 0.682 bits per heavy atom. The van der Waals surface area contributed by atoms with E-state index in [1.807, 2.05) is 42.5 Å². The molecule has 4 aromatic rings. The lowest BCUT2D eigenvalue weighted by Crippen LogP contribution is -2.00. The van der Waals surface area contributed by atoms with Crippen LogP contribution in [0.25, 0.3) is 38.4 Å². The molecule has 4 rings (SSSR count). The summed E-state index contributed by atoms with van der Waals surface area (Å²) in [5, 5.41) is 6.24. The molecule has 0 heterocycles. The molecule has 3 heteroatoms. The van der Waals surface area contributed by atoms with E-state index in [0.29, 0.717) is 11.6 Å². The summed E-state index contributed by atoms with van der Waals surface area (Å²) in [7, 11) is 0. The Bertz CT molecular complexity index is 994. The van der Waals surface area contributed by atoms with Gasteiger partial charge in [-0.2, -0.15) is 13.2 Å². The molecule has 0 amide bonds. The molecular weight excluding hydrogens is 285 g/mol. The zero-order valence-corrected chi connectivity index (χ0v) is 11.5. The fourth-order valence-corrected chi connectivity index (χ4v) is 3.09. The minimum Gasteiger partial charge on any atom is -0.167 e. The van der Waals surface area contributed by atoms with Gasteiger partial charge in [-0.05, 0) is 44.0 Å². The maximum absolute atomic E-state index is 12.5. The molecular formula is C19H11F3. The van der Waals surface area contributed by atoms with E-state index in [1.165, 1.54) is 0 Å². The van der Waals surface area contributed by atoms with Crippen LogP contribution in [0, 0.1) is 0 Å². The summed E-state index contributed by atoms with van der Waals surface area (Å²) in [4.78, 5) is 0. The Labute approximate surface area is 124 Å². The van der Waals surface area contributed by atoms with Gasteiger partial charge in [0.1, 0.15) is 0 Å². The number of alkyl halides is 3. The SMILES string of the molecule is FC(F)(F)/C=C\c1ccc2ccc3cccc4ccc1c2c34. The lowest BCUT2D eigenvalue weighted by atomic mass is 9.92. The third kappa shape index (κ3) is 2.01. The number of rotatable bonds is 1. The molecule has 0 saturated heterocycles. The first kappa shape index (κ1) is 13.1. The summed E-state index contributed by atoms with van der Waals surface area (Å²) in [6.45, 7) is 0. The molecule has 0 nitrogen and oxygen atoms in total. The molecule has 0 N–H and O–H groups in total. The third-order valence-electron chi connectivity index (χ3n) is 4.01. The molecule has 0 aliphatic rings. The number of benzene rings is 4. The summed E-state index contributed by atoms with van der Waals surface area (Å²) >= 11 is 0. The van der Waals surface area contributed by atoms with Crippen molar-refractivity contribution < 1.29 is 13.2 Å². The van der Waals surface area contributed by atoms with Crippen LogP contribution >= 0.6 is 0 Å². The minimum absolute atomic E-state index is 0.291. The normalized spacial score (nSPS) is 13.0. The van der Waals surface area contributed by atoms with E-state index in [4.69, 9.17) is 0 Å². The Hall–Kier alpha value is -2.55. The molecule has 108 valence electrons. The molecule has 4 aromatic carbocycles. The van der Waals surface area contributed by atoms with Crippen LogP contribution in [0.15, 0.2) is 60.7 Å². The van der Waals surface area contributed by atoms with Gasteiger partial charge in [0.2, 0.25) is 0 Å². The van der Waals surface area contributed by atoms with E-state index in [0.717, 1.165) is 38.4 Å². The first-order valence-electron chi connectivity index (χ1n) is 6.95. The van der Waals surface area contributed by atoms with Crippen LogP contribution in [0.5, 0.6) is 0 Å². The van der Waals surface area contributed by atoms with Crippen molar-refractivity contribution in [3.8, 4) is 0 Å². The first-order valence-corrected chi connectivity index (χ1v) is 6.95. The van der Waals surface area contributed by atoms with Crippen molar-refractivity contribution >= 4 is 38.4 Å². The van der Waals surface area contributed by atoms with E-state index >= 15 is 0 Å². The van der Waals surface area contributed by atoms with Crippen LogP contribution in [-0.2, 0) is 0 Å². The van der Waals surface area contributed by atoms with Gasteiger partial charge in [0.15, 0.2) is 0 Å². The zero-order valence-electron chi connectivity index (χ0n) is 11.5. The van der Waals surface area contributed by atoms with Gasteiger partial charge in [0.05, 0.1) is 0 Å². The molecule has 0 radical (unpaired) electrons. The summed E-state index contributed by atoms with van der Waals surface area (Å²) in [5.41, 5.74) is 0.586. The van der Waals surface area contributed by atoms with E-state index in [2.05, 4.69) is 6.07 Å². The van der Waals surface area contributed by atoms with Gasteiger partial charge in [0, 0.05) is 6.08 Å². The smallest absolute Gasteiger partial charge is 0.167 e. The molecule has 0 aromatic heterocycles. The maximum atomic E-state index is 12.5. The highest BCUT2D eigenvalue weighted by Crippen LogP contribution is 2.36. The number of halogens is 3. The summed E-state index contributed by atoms with van der Waals surface area (Å²) in [6, 6.07) is 17.6. The van der Waals surface area contributed by atoms with Gasteiger partial charge in [0.25, 0.3) is 0 Å². The number of hydrogen-bond acceptors (Lipinski definition) is 0. The Balaban J connectivity index is 2.11. The van der Waals surface area contributed by atoms with Crippen molar-refractivity contribution in [3.63, 3.8) is 0 Å². The Kier molecular flexibility index (Phi) is 2.67. The highest BCUT2D eigenvalue weighted by molar-refractivity contribution is 6.24. The zero-order chi connectivity index (χ0) is 15.3. The van der Waals surface area contributed by atoms with E-state index in [-0.39, 0.29) is 0 Å². The van der Waals surface area contributed by atoms with Crippen molar-refractivity contribution in [1.29, 1.82) is 0 Å². The van der Waals surface area contributed by atoms with Crippen molar-refractivity contribution in [2.75, 3.05) is 0 Å². The lowest BCUT2D eigenvalue weighted by molar-refractivity contribution is -0.0790. The van der Waals surface area contributed by atoms with Gasteiger partial charge in [-0.3, -0.25) is 0 Å². The highest BCUT2D eigenvalue weighted by Gasteiger charge is 2.22. The predicted octanol–water partition coefficient (Wildman–Crippen LogP) is 6.16. The molecule has 0 unspecified atom stereocenters. The second-order valence-electron chi connectivity index (χ2n) is 5.39. The third-order valence-corrected chi connectivity index (χ3v) is 4.01. The standard InChI is InChI=1S/C19H11F3/c20-19(21,22)11-10-12-4-5-15-7-6-13-2-1-3-14-8-9-16(12)18(15)17(13)14/h1-11H/b11-10-. The molecule has 0 bridgehead atoms. The van der Waals surface area contributed by atoms with Gasteiger partial charge >= 0.3 is 6.18 Å². The molecule has 22 heavy (non-hydrogen) atoms. The summed E-state index contributed by atoms with van der Waals surface area (Å²) in [5.74, 6) is 0. The summed E-state index contributed by atoms with van der Waals surface area (Å²) < 4.78 is 37.4. The van der Waals surface area contributed by atoms with E-state index in [9.17, 15) is 13.2 Å². The van der Waals surface area contributed by atoms with E-state index < -0.39 is 6.18 Å². The van der Waals surface area contributed by atoms with Crippen molar-refractivity contribution in [1.82, 2.24) is 0 Å². The van der Waals surface area contributed by atoms with Crippen LogP contribution < -0.4 is 0 Å². The molecule has 0 saturated carbocycles. The fraction of sp³-hybridized carbons (Fsp3) is 0.0526. The monoisotopic (exact) mass is 296 g/mol. The van der Waals surface area contributed by atoms with E-state index in [1.54, 1.807) is 6.07 Å². The van der Waals surface area contributed by atoms with Crippen molar-refractivity contribution in [3.05, 3.63) is 66.2 Å². The quantitative estimate of drug-likeness (QED) is 0.369. The van der Waals surface area contributed by atoms with Gasteiger partial charge in [-0.15, -0.1) is 0 Å². The van der Waals surface area contributed by atoms with Crippen LogP contribution in [0.3, 0.4) is 0 Å². The first-order chi connectivity index (χ1) is 10.5. The summed E-state index contributed by atoms with van der Waals surface area (Å²) in [6.07, 6.45) is -2.87. The fourth-order valence-electron chi connectivity index (χ4n) is 3.09. The molecule has 0 spiro atoms. The van der Waals surface area contributed by atoms with Crippen molar-refractivity contribution in [2.45, 2.75) is 6.18 Å². The molecule has 0 fully saturated rings. The number of hydrogen-bond donors (Lipinski definition) is 0. The molecule has 0 aliphatic carbocycles. The van der Waals surface area contributed by atoms with Gasteiger partial charge < -0.3 is 0 Å². The Morgan fingerprint density at radius 2 is 1.27 bits per heavy atom. The maximum Gasteiger partial charge on any atom is 0.409 e. The minimum atomic E-state index is -4.30. The van der Waals surface area contributed by atoms with Gasteiger partial charge in [-0.25, -0.2) is 0 Å². The molecule has 0 aliphatic heterocycles. The van der Waals surface area contributed by atoms with Crippen molar-refractivity contribution in [2.24, 2.45) is 0 Å². The van der Waals surface area contributed by atoms with Crippen LogP contribution in [0.4, 0.5) is 13.2 Å². The van der Waals surface area contributed by atoms with Crippen LogP contribution in [0.1, 0.15) is 5.56 Å². The lowest BCUT2D eigenvalue weighted by Gasteiger charge is -2.12. The topological polar surface area (TPSA) is 0 Å². The highest BCUT2D eigenvalue weighted by atomic mass is 19.4. The second kappa shape index (κ2) is 4.47. The molecule has 0 atom stereocenters. The van der Waals surface area contributed by atoms with Gasteiger partial charge in [-0.1, -0.05) is 54.6 Å². The van der Waals surface area contributed by atoms with Crippen LogP contribution in [0.2, 0.25) is 0 Å². The number of allylic oxidation sites excluding steroid dienone is 1. The predicted molar refractivity (Wildman–Crippen MR) is 85.2 cm³/mol. The Morgan fingerprint density at radius 3 is 1.95 bits per heavy atom. The largest absolute Gasteiger partial charge is 0.409 e.